The molecule has 0 saturated carbocycles. The van der Waals surface area contributed by atoms with Crippen molar-refractivity contribution in [1.29, 1.82) is 0 Å². The molecule has 1 fully saturated rings. The van der Waals surface area contributed by atoms with Crippen LogP contribution in [-0.4, -0.2) is 92.8 Å². The highest BCUT2D eigenvalue weighted by molar-refractivity contribution is 5.95. The normalized spacial score (nSPS) is 19.3. The van der Waals surface area contributed by atoms with Crippen LogP contribution in [0.1, 0.15) is 25.5 Å². The average molecular weight is 460 g/mol. The number of carbonyl (C=O) groups is 3. The van der Waals surface area contributed by atoms with Crippen molar-refractivity contribution in [1.82, 2.24) is 25.3 Å². The summed E-state index contributed by atoms with van der Waals surface area (Å²) in [5.41, 5.74) is 1.65. The average Bonchev–Trinajstić information content (AvgIpc) is 2.82. The highest BCUT2D eigenvalue weighted by atomic mass is 16.5. The van der Waals surface area contributed by atoms with E-state index in [0.717, 1.165) is 0 Å². The number of likely N-dealkylation sites (N-methyl/N-ethyl adjacent to an activating group) is 1. The SMILES string of the molecule is CCNC(=O)N1CCN(CC2=C(C(=O)OCC)[C@@H](c3ccccc3OC)NC(=O)N2C)CC1. The lowest BCUT2D eigenvalue weighted by molar-refractivity contribution is -0.139. The van der Waals surface area contributed by atoms with Crippen LogP contribution in [0.2, 0.25) is 0 Å². The zero-order valence-electron chi connectivity index (χ0n) is 19.7. The molecule has 3 rings (SSSR count). The molecule has 0 bridgehead atoms. The number of nitrogens with zero attached hydrogens (tertiary/aromatic N) is 3. The molecule has 2 heterocycles. The molecule has 0 aliphatic carbocycles. The molecule has 10 heteroatoms. The summed E-state index contributed by atoms with van der Waals surface area (Å²) in [5.74, 6) is 0.0975. The molecule has 1 saturated heterocycles. The molecule has 0 spiro atoms. The van der Waals surface area contributed by atoms with Gasteiger partial charge in [0.2, 0.25) is 0 Å². The summed E-state index contributed by atoms with van der Waals surface area (Å²) >= 11 is 0. The summed E-state index contributed by atoms with van der Waals surface area (Å²) < 4.78 is 10.9. The second-order valence-corrected chi connectivity index (χ2v) is 7.86. The molecule has 0 radical (unpaired) electrons. The van der Waals surface area contributed by atoms with Gasteiger partial charge in [-0.2, -0.15) is 0 Å². The predicted octanol–water partition coefficient (Wildman–Crippen LogP) is 1.56. The third-order valence-electron chi connectivity index (χ3n) is 5.88. The first-order chi connectivity index (χ1) is 15.9. The molecule has 0 unspecified atom stereocenters. The number of nitrogens with one attached hydrogen (secondary N) is 2. The third kappa shape index (κ3) is 5.39. The van der Waals surface area contributed by atoms with E-state index in [0.29, 0.717) is 61.9 Å². The van der Waals surface area contributed by atoms with Gasteiger partial charge in [-0.1, -0.05) is 18.2 Å². The van der Waals surface area contributed by atoms with E-state index in [4.69, 9.17) is 9.47 Å². The van der Waals surface area contributed by atoms with Gasteiger partial charge in [-0.15, -0.1) is 0 Å². The van der Waals surface area contributed by atoms with Crippen LogP contribution in [-0.2, 0) is 9.53 Å². The van der Waals surface area contributed by atoms with Crippen molar-refractivity contribution in [2.24, 2.45) is 0 Å². The summed E-state index contributed by atoms with van der Waals surface area (Å²) in [5, 5.41) is 5.74. The highest BCUT2D eigenvalue weighted by Crippen LogP contribution is 2.35. The lowest BCUT2D eigenvalue weighted by atomic mass is 9.93. The van der Waals surface area contributed by atoms with Gasteiger partial charge in [-0.3, -0.25) is 9.80 Å². The molecule has 33 heavy (non-hydrogen) atoms. The Kier molecular flexibility index (Phi) is 8.16. The number of ether oxygens (including phenoxy) is 2. The maximum atomic E-state index is 13.1. The van der Waals surface area contributed by atoms with Crippen molar-refractivity contribution >= 4 is 18.0 Å². The Bertz CT molecular complexity index is 910. The van der Waals surface area contributed by atoms with Gasteiger partial charge < -0.3 is 25.0 Å². The zero-order valence-corrected chi connectivity index (χ0v) is 19.7. The number of benzene rings is 1. The zero-order chi connectivity index (χ0) is 24.0. The highest BCUT2D eigenvalue weighted by Gasteiger charge is 2.38. The molecule has 2 aliphatic heterocycles. The van der Waals surface area contributed by atoms with Crippen LogP contribution in [0.3, 0.4) is 0 Å². The van der Waals surface area contributed by atoms with E-state index in [2.05, 4.69) is 15.5 Å². The molecule has 2 N–H and O–H groups in total. The minimum atomic E-state index is -0.699. The van der Waals surface area contributed by atoms with E-state index in [9.17, 15) is 14.4 Å². The summed E-state index contributed by atoms with van der Waals surface area (Å²) in [6.45, 7) is 7.22. The first kappa shape index (κ1) is 24.4. The Balaban J connectivity index is 1.93. The van der Waals surface area contributed by atoms with Crippen molar-refractivity contribution in [2.45, 2.75) is 19.9 Å². The van der Waals surface area contributed by atoms with E-state index in [-0.39, 0.29) is 18.7 Å². The standard InChI is InChI=1S/C23H33N5O5/c1-5-24-22(30)28-13-11-27(12-14-28)15-17-19(21(29)33-6-2)20(25-23(31)26(17)3)16-9-7-8-10-18(16)32-4/h7-10,20H,5-6,11-15H2,1-4H3,(H,24,30)(H,25,31)/t20-/m1/s1. The Morgan fingerprint density at radius 2 is 1.85 bits per heavy atom. The number of rotatable bonds is 7. The Hall–Kier alpha value is -3.27. The maximum absolute atomic E-state index is 13.1. The van der Waals surface area contributed by atoms with Crippen molar-refractivity contribution < 1.29 is 23.9 Å². The number of hydrogen-bond donors (Lipinski definition) is 2. The van der Waals surface area contributed by atoms with Crippen LogP contribution in [0, 0.1) is 0 Å². The topological polar surface area (TPSA) is 103 Å². The molecule has 1 aromatic rings. The number of amides is 4. The van der Waals surface area contributed by atoms with E-state index < -0.39 is 12.0 Å². The van der Waals surface area contributed by atoms with E-state index in [1.165, 1.54) is 4.90 Å². The number of esters is 1. The smallest absolute Gasteiger partial charge is 0.338 e. The number of piperazine rings is 1. The van der Waals surface area contributed by atoms with Crippen molar-refractivity contribution in [3.63, 3.8) is 0 Å². The van der Waals surface area contributed by atoms with E-state index in [1.54, 1.807) is 32.0 Å². The number of urea groups is 2. The Morgan fingerprint density at radius 1 is 1.15 bits per heavy atom. The van der Waals surface area contributed by atoms with Gasteiger partial charge in [0.1, 0.15) is 5.75 Å². The summed E-state index contributed by atoms with van der Waals surface area (Å²) in [7, 11) is 3.20. The summed E-state index contributed by atoms with van der Waals surface area (Å²) in [6, 6.07) is 6.21. The monoisotopic (exact) mass is 459 g/mol. The fourth-order valence-corrected chi connectivity index (χ4v) is 4.12. The minimum absolute atomic E-state index is 0.0750. The van der Waals surface area contributed by atoms with Gasteiger partial charge in [0.25, 0.3) is 0 Å². The fourth-order valence-electron chi connectivity index (χ4n) is 4.12. The van der Waals surface area contributed by atoms with Crippen molar-refractivity contribution in [3.8, 4) is 5.75 Å². The quantitative estimate of drug-likeness (QED) is 0.600. The fraction of sp³-hybridized carbons (Fsp3) is 0.522. The number of carbonyl (C=O) groups excluding carboxylic acids is 3. The number of para-hydroxylation sites is 1. The van der Waals surface area contributed by atoms with Gasteiger partial charge in [-0.05, 0) is 19.9 Å². The van der Waals surface area contributed by atoms with Crippen LogP contribution in [0.4, 0.5) is 9.59 Å². The van der Waals surface area contributed by atoms with Gasteiger partial charge >= 0.3 is 18.0 Å². The van der Waals surface area contributed by atoms with E-state index >= 15 is 0 Å². The first-order valence-corrected chi connectivity index (χ1v) is 11.2. The van der Waals surface area contributed by atoms with Crippen molar-refractivity contribution in [3.05, 3.63) is 41.1 Å². The maximum Gasteiger partial charge on any atom is 0.338 e. The molecule has 2 aliphatic rings. The largest absolute Gasteiger partial charge is 0.496 e. The molecular formula is C23H33N5O5. The number of methoxy groups -OCH3 is 1. The minimum Gasteiger partial charge on any atom is -0.496 e. The second-order valence-electron chi connectivity index (χ2n) is 7.86. The molecule has 0 aromatic heterocycles. The van der Waals surface area contributed by atoms with Gasteiger partial charge in [-0.25, -0.2) is 14.4 Å². The summed E-state index contributed by atoms with van der Waals surface area (Å²) in [4.78, 5) is 43.5. The van der Waals surface area contributed by atoms with Crippen LogP contribution < -0.4 is 15.4 Å². The molecule has 180 valence electrons. The lowest BCUT2D eigenvalue weighted by Gasteiger charge is -2.39. The predicted molar refractivity (Wildman–Crippen MR) is 123 cm³/mol. The van der Waals surface area contributed by atoms with Gasteiger partial charge in [0.05, 0.1) is 25.3 Å². The first-order valence-electron chi connectivity index (χ1n) is 11.2. The number of hydrogen-bond acceptors (Lipinski definition) is 6. The van der Waals surface area contributed by atoms with Crippen LogP contribution in [0.5, 0.6) is 5.75 Å². The van der Waals surface area contributed by atoms with Gasteiger partial charge in [0, 0.05) is 57.6 Å². The molecular weight excluding hydrogens is 426 g/mol. The Morgan fingerprint density at radius 3 is 2.48 bits per heavy atom. The van der Waals surface area contributed by atoms with Crippen LogP contribution >= 0.6 is 0 Å². The molecule has 4 amide bonds. The van der Waals surface area contributed by atoms with E-state index in [1.807, 2.05) is 25.1 Å². The molecule has 1 aromatic carbocycles. The molecule has 1 atom stereocenters. The third-order valence-corrected chi connectivity index (χ3v) is 5.88. The van der Waals surface area contributed by atoms with Gasteiger partial charge in [0.15, 0.2) is 0 Å². The Labute approximate surface area is 194 Å². The lowest BCUT2D eigenvalue weighted by Crippen LogP contribution is -2.54. The second kappa shape index (κ2) is 11.0. The molecule has 10 nitrogen and oxygen atoms in total. The van der Waals surface area contributed by atoms with Crippen LogP contribution in [0.25, 0.3) is 0 Å². The van der Waals surface area contributed by atoms with Crippen LogP contribution in [0.15, 0.2) is 35.5 Å². The van der Waals surface area contributed by atoms with Crippen molar-refractivity contribution in [2.75, 3.05) is 60.0 Å². The summed E-state index contributed by atoms with van der Waals surface area (Å²) in [6.07, 6.45) is 0.